The lowest BCUT2D eigenvalue weighted by atomic mass is 10.0. The Balaban J connectivity index is 1.68. The molecule has 256 valence electrons. The summed E-state index contributed by atoms with van der Waals surface area (Å²) in [5.41, 5.74) is 1.54. The Bertz CT molecular complexity index is 1490. The Morgan fingerprint density at radius 3 is 1.88 bits per heavy atom. The molecule has 6 amide bonds. The number of nitrogens with zero attached hydrogens (tertiary/aromatic N) is 1. The van der Waals surface area contributed by atoms with Gasteiger partial charge in [-0.05, 0) is 48.0 Å². The Hall–Kier alpha value is -4.65. The molecule has 4 rings (SSSR count). The van der Waals surface area contributed by atoms with Crippen LogP contribution < -0.4 is 26.6 Å². The molecule has 0 spiro atoms. The number of nitrogens with one attached hydrogen (secondary N) is 5. The first-order valence-corrected chi connectivity index (χ1v) is 17.5. The van der Waals surface area contributed by atoms with E-state index in [-0.39, 0.29) is 18.8 Å². The predicted molar refractivity (Wildman–Crippen MR) is 183 cm³/mol. The molecule has 13 heteroatoms. The van der Waals surface area contributed by atoms with Crippen molar-refractivity contribution in [2.45, 2.75) is 69.7 Å². The second kappa shape index (κ2) is 17.5. The zero-order valence-corrected chi connectivity index (χ0v) is 28.3. The van der Waals surface area contributed by atoms with E-state index in [0.29, 0.717) is 18.6 Å². The van der Waals surface area contributed by atoms with Gasteiger partial charge in [0.2, 0.25) is 29.5 Å². The van der Waals surface area contributed by atoms with Crippen molar-refractivity contribution >= 4 is 47.2 Å². The molecule has 0 radical (unpaired) electrons. The van der Waals surface area contributed by atoms with E-state index in [1.54, 1.807) is 0 Å². The smallest absolute Gasteiger partial charge is 0.253 e. The summed E-state index contributed by atoms with van der Waals surface area (Å²) in [6, 6.07) is 13.0. The number of hydrogen-bond donors (Lipinski definition) is 5. The molecule has 2 bridgehead atoms. The highest BCUT2D eigenvalue weighted by molar-refractivity contribution is 7.98. The summed E-state index contributed by atoms with van der Waals surface area (Å²) in [6.45, 7) is 3.39. The topological polar surface area (TPSA) is 166 Å². The number of amides is 6. The first-order valence-electron chi connectivity index (χ1n) is 16.1. The van der Waals surface area contributed by atoms with E-state index in [1.165, 1.54) is 28.9 Å². The molecule has 5 atom stereocenters. The van der Waals surface area contributed by atoms with Crippen molar-refractivity contribution in [3.05, 3.63) is 84.1 Å². The average molecular weight is 677 g/mol. The summed E-state index contributed by atoms with van der Waals surface area (Å²) in [7, 11) is 0. The van der Waals surface area contributed by atoms with Crippen LogP contribution in [0.3, 0.4) is 0 Å². The summed E-state index contributed by atoms with van der Waals surface area (Å²) in [5.74, 6) is -2.82. The van der Waals surface area contributed by atoms with Crippen molar-refractivity contribution < 1.29 is 28.8 Å². The lowest BCUT2D eigenvalue weighted by Crippen LogP contribution is -2.59. The first-order chi connectivity index (χ1) is 23.0. The molecule has 2 heterocycles. The summed E-state index contributed by atoms with van der Waals surface area (Å²) < 4.78 is 0. The van der Waals surface area contributed by atoms with Gasteiger partial charge in [-0.2, -0.15) is 11.8 Å². The monoisotopic (exact) mass is 676 g/mol. The van der Waals surface area contributed by atoms with E-state index >= 15 is 0 Å². The number of carbonyl (C=O) groups excluding carboxylic acids is 6. The summed E-state index contributed by atoms with van der Waals surface area (Å²) in [6.07, 6.45) is 5.69. The summed E-state index contributed by atoms with van der Waals surface area (Å²) in [5, 5.41) is 13.6. The molecule has 1 fully saturated rings. The zero-order chi connectivity index (χ0) is 34.6. The molecule has 48 heavy (non-hydrogen) atoms. The number of fused-ring (bicyclic) bond motifs is 2. The van der Waals surface area contributed by atoms with E-state index in [9.17, 15) is 28.8 Å². The maximum absolute atomic E-state index is 13.8. The van der Waals surface area contributed by atoms with Gasteiger partial charge in [0.1, 0.15) is 30.2 Å². The van der Waals surface area contributed by atoms with Crippen molar-refractivity contribution in [2.75, 3.05) is 18.6 Å². The van der Waals surface area contributed by atoms with Crippen LogP contribution >= 0.6 is 11.8 Å². The largest absolute Gasteiger partial charge is 0.345 e. The second-order valence-electron chi connectivity index (χ2n) is 12.3. The van der Waals surface area contributed by atoms with Crippen LogP contribution in [0, 0.1) is 5.92 Å². The molecule has 0 aliphatic carbocycles. The van der Waals surface area contributed by atoms with Gasteiger partial charge >= 0.3 is 0 Å². The Morgan fingerprint density at radius 2 is 1.29 bits per heavy atom. The molecule has 0 saturated carbocycles. The number of benzene rings is 2. The molecule has 5 N–H and O–H groups in total. The number of carbonyl (C=O) groups is 6. The fourth-order valence-corrected chi connectivity index (χ4v) is 6.08. The van der Waals surface area contributed by atoms with Gasteiger partial charge < -0.3 is 31.5 Å². The molecule has 0 aromatic heterocycles. The van der Waals surface area contributed by atoms with Gasteiger partial charge in [0.25, 0.3) is 5.91 Å². The Morgan fingerprint density at radius 1 is 0.729 bits per heavy atom. The third-order valence-corrected chi connectivity index (χ3v) is 8.75. The van der Waals surface area contributed by atoms with Crippen molar-refractivity contribution in [3.8, 4) is 0 Å². The quantitative estimate of drug-likeness (QED) is 0.265. The predicted octanol–water partition coefficient (Wildman–Crippen LogP) is 1.06. The van der Waals surface area contributed by atoms with Crippen LogP contribution in [0.15, 0.2) is 72.9 Å². The summed E-state index contributed by atoms with van der Waals surface area (Å²) in [4.78, 5) is 82.7. The van der Waals surface area contributed by atoms with Crippen molar-refractivity contribution in [2.24, 2.45) is 5.92 Å². The third-order valence-electron chi connectivity index (χ3n) is 8.11. The van der Waals surface area contributed by atoms with E-state index in [1.807, 2.05) is 80.8 Å². The van der Waals surface area contributed by atoms with Gasteiger partial charge in [0.15, 0.2) is 0 Å². The molecule has 12 nitrogen and oxygen atoms in total. The van der Waals surface area contributed by atoms with Gasteiger partial charge in [-0.3, -0.25) is 28.8 Å². The molecule has 2 aliphatic rings. The van der Waals surface area contributed by atoms with Crippen molar-refractivity contribution in [1.82, 2.24) is 31.5 Å². The molecule has 2 aromatic carbocycles. The number of rotatable bonds is 9. The molecule has 2 aliphatic heterocycles. The highest BCUT2D eigenvalue weighted by Crippen LogP contribution is 2.20. The number of hydrogen-bond acceptors (Lipinski definition) is 7. The van der Waals surface area contributed by atoms with Crippen molar-refractivity contribution in [1.29, 1.82) is 0 Å². The van der Waals surface area contributed by atoms with Crippen LogP contribution in [0.4, 0.5) is 0 Å². The normalized spacial score (nSPS) is 24.2. The van der Waals surface area contributed by atoms with E-state index in [2.05, 4.69) is 26.6 Å². The van der Waals surface area contributed by atoms with Gasteiger partial charge in [0, 0.05) is 19.0 Å². The van der Waals surface area contributed by atoms with Gasteiger partial charge in [0.05, 0.1) is 6.54 Å². The standard InChI is InChI=1S/C35H44N6O6S/c1-22(2)18-29-34(46)38-25(15-17-48-3)31(43)36-21-30(42)37-27(19-23-10-6-4-7-11-23)32(44)40-28(20-24-12-8-5-9-13-24)33(45)39-26-14-16-41(29)35(26)47/h4-14,16,22,25-29H,15,17-21H2,1-3H3,(H,36,43)(H,37,42)(H,38,46)(H,39,45)(H,40,44)/t25-,26+,27-,28-,29-/m0/s1. The molecular weight excluding hydrogens is 632 g/mol. The van der Waals surface area contributed by atoms with E-state index in [0.717, 1.165) is 11.1 Å². The van der Waals surface area contributed by atoms with Crippen LogP contribution in [-0.2, 0) is 41.6 Å². The maximum atomic E-state index is 13.8. The van der Waals surface area contributed by atoms with Gasteiger partial charge in [-0.25, -0.2) is 0 Å². The van der Waals surface area contributed by atoms with E-state index in [4.69, 9.17) is 0 Å². The lowest BCUT2D eigenvalue weighted by Gasteiger charge is -2.30. The number of thioether (sulfide) groups is 1. The van der Waals surface area contributed by atoms with Crippen LogP contribution in [0.5, 0.6) is 0 Å². The molecule has 2 aromatic rings. The second-order valence-corrected chi connectivity index (χ2v) is 13.3. The Kier molecular flexibility index (Phi) is 13.2. The van der Waals surface area contributed by atoms with Crippen LogP contribution in [0.1, 0.15) is 37.8 Å². The molecule has 1 saturated heterocycles. The summed E-state index contributed by atoms with van der Waals surface area (Å²) >= 11 is 1.50. The first kappa shape index (κ1) is 36.2. The minimum absolute atomic E-state index is 0.0184. The molecular formula is C35H44N6O6S. The van der Waals surface area contributed by atoms with Gasteiger partial charge in [-0.15, -0.1) is 0 Å². The minimum Gasteiger partial charge on any atom is -0.345 e. The molecule has 0 unspecified atom stereocenters. The van der Waals surface area contributed by atoms with Gasteiger partial charge in [-0.1, -0.05) is 74.5 Å². The fraction of sp³-hybridized carbons (Fsp3) is 0.429. The van der Waals surface area contributed by atoms with Crippen LogP contribution in [-0.4, -0.2) is 89.1 Å². The Labute approximate surface area is 285 Å². The third kappa shape index (κ3) is 10.2. The minimum atomic E-state index is -1.10. The van der Waals surface area contributed by atoms with Crippen LogP contribution in [0.2, 0.25) is 0 Å². The SMILES string of the molecule is CSCC[C@@H]1NC(=O)[C@H](CC(C)C)N2C=C[C@@H](NC(=O)[C@H](Cc3ccccc3)NC(=O)[C@H](Cc3ccccc3)NC(=O)CNC1=O)C2=O. The highest BCUT2D eigenvalue weighted by atomic mass is 32.2. The zero-order valence-electron chi connectivity index (χ0n) is 27.4. The van der Waals surface area contributed by atoms with Crippen LogP contribution in [0.25, 0.3) is 0 Å². The van der Waals surface area contributed by atoms with E-state index < -0.39 is 72.2 Å². The highest BCUT2D eigenvalue weighted by Gasteiger charge is 2.39. The average Bonchev–Trinajstić information content (AvgIpc) is 3.42. The van der Waals surface area contributed by atoms with Crippen molar-refractivity contribution in [3.63, 3.8) is 0 Å². The maximum Gasteiger partial charge on any atom is 0.253 e. The fourth-order valence-electron chi connectivity index (χ4n) is 5.61. The lowest BCUT2D eigenvalue weighted by molar-refractivity contribution is -0.140.